The van der Waals surface area contributed by atoms with Gasteiger partial charge in [-0.3, -0.25) is 28.8 Å². The number of benzene rings is 1. The van der Waals surface area contributed by atoms with Crippen molar-refractivity contribution in [2.24, 2.45) is 11.7 Å². The first-order valence-electron chi connectivity index (χ1n) is 14.3. The van der Waals surface area contributed by atoms with E-state index in [0.29, 0.717) is 12.8 Å². The molecule has 7 N–H and O–H groups in total. The van der Waals surface area contributed by atoms with Crippen LogP contribution in [0.4, 0.5) is 0 Å². The van der Waals surface area contributed by atoms with Crippen molar-refractivity contribution < 1.29 is 33.5 Å². The molecule has 0 unspecified atom stereocenters. The van der Waals surface area contributed by atoms with Gasteiger partial charge in [0.1, 0.15) is 30.5 Å². The molecule has 6 amide bonds. The van der Waals surface area contributed by atoms with E-state index in [9.17, 15) is 28.8 Å². The monoisotopic (exact) mass is 629 g/mol. The molecule has 44 heavy (non-hydrogen) atoms. The van der Waals surface area contributed by atoms with Gasteiger partial charge in [-0.05, 0) is 31.4 Å². The number of nitrogens with two attached hydrogens (primary N) is 1. The van der Waals surface area contributed by atoms with Crippen LogP contribution in [-0.4, -0.2) is 78.2 Å². The average Bonchev–Trinajstić information content (AvgIpc) is 3.39. The Balaban J connectivity index is 1.84. The van der Waals surface area contributed by atoms with Crippen LogP contribution in [0.15, 0.2) is 29.6 Å². The van der Waals surface area contributed by atoms with Crippen molar-refractivity contribution in [2.45, 2.75) is 64.6 Å². The molecule has 0 saturated heterocycles. The number of aryl methyl sites for hydroxylation is 2. The molecule has 15 heteroatoms. The Morgan fingerprint density at radius 1 is 1.11 bits per heavy atom. The number of aromatic nitrogens is 1. The Labute approximate surface area is 259 Å². The maximum Gasteiger partial charge on any atom is 0.255 e. The maximum absolute atomic E-state index is 13.3. The maximum atomic E-state index is 13.3. The van der Waals surface area contributed by atoms with Gasteiger partial charge >= 0.3 is 0 Å². The standard InChI is InChI=1S/C29H39N7O7S/c1-16(2)25-29(42)32-11-12-43-21-8-5-4-7-18(21)26(39)35-20(14-23(38)34-19(13-22(30)37)28(41)36-25)27(40)31-10-6-9-24-33-17(3)15-44-24/h4-5,7-8,15-16,19-20,25H,6,9-14H2,1-3H3,(H2,30,37)(H,31,40)(H,32,42)(H,34,38)(H,35,39)(H,36,41)/t19-,20-,25+/m0/s1. The van der Waals surface area contributed by atoms with Gasteiger partial charge in [-0.1, -0.05) is 26.0 Å². The van der Waals surface area contributed by atoms with E-state index in [1.807, 2.05) is 12.3 Å². The van der Waals surface area contributed by atoms with E-state index in [1.54, 1.807) is 32.0 Å². The Morgan fingerprint density at radius 2 is 1.86 bits per heavy atom. The molecule has 0 aliphatic carbocycles. The van der Waals surface area contributed by atoms with E-state index >= 15 is 0 Å². The summed E-state index contributed by atoms with van der Waals surface area (Å²) in [5, 5.41) is 15.9. The number of ether oxygens (including phenoxy) is 1. The largest absolute Gasteiger partial charge is 0.491 e. The Kier molecular flexibility index (Phi) is 12.6. The van der Waals surface area contributed by atoms with Gasteiger partial charge in [0.25, 0.3) is 5.91 Å². The Hall–Kier alpha value is -4.53. The molecule has 0 spiro atoms. The van der Waals surface area contributed by atoms with Crippen molar-refractivity contribution in [2.75, 3.05) is 19.7 Å². The summed E-state index contributed by atoms with van der Waals surface area (Å²) in [7, 11) is 0. The van der Waals surface area contributed by atoms with Crippen LogP contribution in [0, 0.1) is 12.8 Å². The highest BCUT2D eigenvalue weighted by atomic mass is 32.1. The predicted molar refractivity (Wildman–Crippen MR) is 162 cm³/mol. The topological polar surface area (TPSA) is 211 Å². The SMILES string of the molecule is Cc1csc(CCCNC(=O)[C@@H]2CC(=O)N[C@@H](CC(N)=O)C(=O)N[C@H](C(C)C)C(=O)NCCOc3ccccc3C(=O)N2)n1. The van der Waals surface area contributed by atoms with Crippen LogP contribution in [0.2, 0.25) is 0 Å². The minimum Gasteiger partial charge on any atom is -0.491 e. The second-order valence-corrected chi connectivity index (χ2v) is 11.6. The Morgan fingerprint density at radius 3 is 2.55 bits per heavy atom. The summed E-state index contributed by atoms with van der Waals surface area (Å²) in [4.78, 5) is 81.8. The van der Waals surface area contributed by atoms with Crippen molar-refractivity contribution >= 4 is 46.8 Å². The zero-order chi connectivity index (χ0) is 32.2. The van der Waals surface area contributed by atoms with Gasteiger partial charge < -0.3 is 37.1 Å². The van der Waals surface area contributed by atoms with Crippen LogP contribution < -0.4 is 37.1 Å². The molecule has 14 nitrogen and oxygen atoms in total. The summed E-state index contributed by atoms with van der Waals surface area (Å²) in [6, 6.07) is 2.60. The first kappa shape index (κ1) is 34.0. The van der Waals surface area contributed by atoms with Crippen LogP contribution in [0.5, 0.6) is 5.75 Å². The Bertz CT molecular complexity index is 1360. The van der Waals surface area contributed by atoms with E-state index in [-0.39, 0.29) is 36.9 Å². The summed E-state index contributed by atoms with van der Waals surface area (Å²) in [6.45, 7) is 5.66. The minimum atomic E-state index is -1.42. The van der Waals surface area contributed by atoms with Gasteiger partial charge in [0, 0.05) is 24.0 Å². The normalized spacial score (nSPS) is 20.2. The second-order valence-electron chi connectivity index (χ2n) is 10.7. The number of carbonyl (C=O) groups is 6. The first-order valence-corrected chi connectivity index (χ1v) is 15.2. The van der Waals surface area contributed by atoms with Crippen LogP contribution in [0.1, 0.15) is 54.2 Å². The fourth-order valence-corrected chi connectivity index (χ4v) is 5.22. The van der Waals surface area contributed by atoms with Crippen molar-refractivity contribution in [1.82, 2.24) is 31.6 Å². The minimum absolute atomic E-state index is 0.00166. The molecule has 1 aliphatic rings. The lowest BCUT2D eigenvalue weighted by molar-refractivity contribution is -0.134. The zero-order valence-electron chi connectivity index (χ0n) is 24.9. The lowest BCUT2D eigenvalue weighted by Gasteiger charge is -2.25. The van der Waals surface area contributed by atoms with Gasteiger partial charge in [0.2, 0.25) is 29.5 Å². The van der Waals surface area contributed by atoms with Gasteiger partial charge in [0.05, 0.1) is 30.0 Å². The van der Waals surface area contributed by atoms with Crippen molar-refractivity contribution in [3.8, 4) is 5.75 Å². The van der Waals surface area contributed by atoms with Gasteiger partial charge in [-0.15, -0.1) is 11.3 Å². The summed E-state index contributed by atoms with van der Waals surface area (Å²) in [6.07, 6.45) is 0.111. The molecule has 3 atom stereocenters. The van der Waals surface area contributed by atoms with Crippen LogP contribution in [-0.2, 0) is 30.4 Å². The number of nitrogens with zero attached hydrogens (tertiary/aromatic N) is 1. The highest BCUT2D eigenvalue weighted by Gasteiger charge is 2.32. The highest BCUT2D eigenvalue weighted by molar-refractivity contribution is 7.09. The van der Waals surface area contributed by atoms with Gasteiger partial charge in [-0.2, -0.15) is 0 Å². The number of para-hydroxylation sites is 1. The molecule has 0 fully saturated rings. The molecule has 1 aromatic heterocycles. The number of carbonyl (C=O) groups excluding carboxylic acids is 6. The lowest BCUT2D eigenvalue weighted by atomic mass is 10.0. The van der Waals surface area contributed by atoms with E-state index in [2.05, 4.69) is 31.6 Å². The predicted octanol–water partition coefficient (Wildman–Crippen LogP) is -0.301. The summed E-state index contributed by atoms with van der Waals surface area (Å²) in [5.41, 5.74) is 6.36. The number of hydrogen-bond donors (Lipinski definition) is 6. The smallest absolute Gasteiger partial charge is 0.255 e. The van der Waals surface area contributed by atoms with Crippen molar-refractivity contribution in [3.05, 3.63) is 45.9 Å². The third-order valence-electron chi connectivity index (χ3n) is 6.64. The van der Waals surface area contributed by atoms with Gasteiger partial charge in [-0.25, -0.2) is 4.98 Å². The molecule has 238 valence electrons. The molecule has 1 aromatic carbocycles. The average molecular weight is 630 g/mol. The summed E-state index contributed by atoms with van der Waals surface area (Å²) >= 11 is 1.52. The molecule has 0 bridgehead atoms. The fraction of sp³-hybridized carbons (Fsp3) is 0.483. The quantitative estimate of drug-likeness (QED) is 0.213. The number of thiazole rings is 1. The molecular formula is C29H39N7O7S. The van der Waals surface area contributed by atoms with Crippen LogP contribution in [0.3, 0.4) is 0 Å². The number of amides is 6. The fourth-order valence-electron chi connectivity index (χ4n) is 4.40. The number of rotatable bonds is 8. The summed E-state index contributed by atoms with van der Waals surface area (Å²) < 4.78 is 5.75. The molecular weight excluding hydrogens is 590 g/mol. The molecule has 2 heterocycles. The third-order valence-corrected chi connectivity index (χ3v) is 7.67. The zero-order valence-corrected chi connectivity index (χ0v) is 25.8. The molecule has 0 saturated carbocycles. The van der Waals surface area contributed by atoms with Crippen molar-refractivity contribution in [1.29, 1.82) is 0 Å². The number of fused-ring (bicyclic) bond motifs is 1. The lowest BCUT2D eigenvalue weighted by Crippen LogP contribution is -2.57. The van der Waals surface area contributed by atoms with Crippen LogP contribution >= 0.6 is 11.3 Å². The van der Waals surface area contributed by atoms with Gasteiger partial charge in [0.15, 0.2) is 0 Å². The van der Waals surface area contributed by atoms with E-state index < -0.39 is 66.4 Å². The molecule has 0 radical (unpaired) electrons. The van der Waals surface area contributed by atoms with E-state index in [4.69, 9.17) is 10.5 Å². The molecule has 1 aliphatic heterocycles. The van der Waals surface area contributed by atoms with Crippen LogP contribution in [0.25, 0.3) is 0 Å². The van der Waals surface area contributed by atoms with E-state index in [0.717, 1.165) is 10.7 Å². The third kappa shape index (κ3) is 10.3. The number of hydrogen-bond acceptors (Lipinski definition) is 9. The summed E-state index contributed by atoms with van der Waals surface area (Å²) in [5.74, 6) is -4.40. The molecule has 2 aromatic rings. The first-order chi connectivity index (χ1) is 20.9. The highest BCUT2D eigenvalue weighted by Crippen LogP contribution is 2.18. The van der Waals surface area contributed by atoms with Crippen molar-refractivity contribution in [3.63, 3.8) is 0 Å². The number of nitrogens with one attached hydrogen (secondary N) is 5. The second kappa shape index (κ2) is 16.4. The molecule has 3 rings (SSSR count). The van der Waals surface area contributed by atoms with E-state index in [1.165, 1.54) is 17.4 Å². The number of primary amides is 1.